The van der Waals surface area contributed by atoms with Gasteiger partial charge in [-0.3, -0.25) is 9.59 Å². The first kappa shape index (κ1) is 19.1. The quantitative estimate of drug-likeness (QED) is 0.617. The molecule has 0 fully saturated rings. The molecule has 0 spiro atoms. The van der Waals surface area contributed by atoms with Crippen LogP contribution in [0.4, 0.5) is 0 Å². The molecular weight excluding hydrogens is 358 g/mol. The summed E-state index contributed by atoms with van der Waals surface area (Å²) in [6.45, 7) is 0.0449. The molecule has 0 aromatic heterocycles. The maximum Gasteiger partial charge on any atom is 0.326 e. The van der Waals surface area contributed by atoms with Crippen LogP contribution in [0, 0.1) is 0 Å². The van der Waals surface area contributed by atoms with Gasteiger partial charge in [0.1, 0.15) is 12.6 Å². The second kappa shape index (κ2) is 8.81. The molecule has 0 saturated carbocycles. The molecule has 28 heavy (non-hydrogen) atoms. The Balaban J connectivity index is 1.66. The van der Waals surface area contributed by atoms with E-state index in [4.69, 9.17) is 4.74 Å². The van der Waals surface area contributed by atoms with Crippen LogP contribution in [0.2, 0.25) is 0 Å². The van der Waals surface area contributed by atoms with Crippen LogP contribution < -0.4 is 5.32 Å². The van der Waals surface area contributed by atoms with E-state index in [1.807, 2.05) is 36.4 Å². The van der Waals surface area contributed by atoms with Crippen LogP contribution in [0.25, 0.3) is 10.8 Å². The minimum Gasteiger partial charge on any atom is -0.480 e. The fraction of sp³-hybridized carbons (Fsp3) is 0.136. The summed E-state index contributed by atoms with van der Waals surface area (Å²) in [5.74, 6) is -2.56. The third kappa shape index (κ3) is 4.73. The average molecular weight is 377 g/mol. The van der Waals surface area contributed by atoms with Crippen molar-refractivity contribution in [3.05, 3.63) is 83.9 Å². The van der Waals surface area contributed by atoms with Crippen LogP contribution in [0.5, 0.6) is 0 Å². The Hall–Kier alpha value is -3.67. The van der Waals surface area contributed by atoms with Crippen molar-refractivity contribution in [1.29, 1.82) is 0 Å². The number of ether oxygens (including phenoxy) is 1. The summed E-state index contributed by atoms with van der Waals surface area (Å²) >= 11 is 0. The average Bonchev–Trinajstić information content (AvgIpc) is 2.72. The molecule has 3 aromatic rings. The number of aliphatic carboxylic acids is 1. The van der Waals surface area contributed by atoms with Gasteiger partial charge in [-0.15, -0.1) is 0 Å². The first-order valence-corrected chi connectivity index (χ1v) is 8.75. The highest BCUT2D eigenvalue weighted by Crippen LogP contribution is 2.18. The normalized spacial score (nSPS) is 11.6. The molecule has 1 amide bonds. The molecule has 0 radical (unpaired) electrons. The zero-order chi connectivity index (χ0) is 19.9. The minimum atomic E-state index is -1.38. The lowest BCUT2D eigenvalue weighted by atomic mass is 10.0. The molecule has 142 valence electrons. The number of carbonyl (C=O) groups is 3. The summed E-state index contributed by atoms with van der Waals surface area (Å²) in [6.07, 6.45) is -0.460. The molecule has 0 bridgehead atoms. The van der Waals surface area contributed by atoms with Crippen molar-refractivity contribution < 1.29 is 24.2 Å². The van der Waals surface area contributed by atoms with Gasteiger partial charge in [0.05, 0.1) is 6.42 Å². The van der Waals surface area contributed by atoms with Gasteiger partial charge in [0.25, 0.3) is 5.91 Å². The fourth-order valence-corrected chi connectivity index (χ4v) is 2.82. The van der Waals surface area contributed by atoms with Crippen molar-refractivity contribution >= 4 is 28.6 Å². The molecule has 0 aliphatic carbocycles. The second-order valence-corrected chi connectivity index (χ2v) is 6.24. The molecule has 3 rings (SSSR count). The van der Waals surface area contributed by atoms with Crippen molar-refractivity contribution in [2.75, 3.05) is 0 Å². The molecule has 0 unspecified atom stereocenters. The van der Waals surface area contributed by atoms with Crippen molar-refractivity contribution in [3.63, 3.8) is 0 Å². The molecule has 1 atom stereocenters. The number of esters is 1. The summed E-state index contributed by atoms with van der Waals surface area (Å²) in [5, 5.41) is 13.4. The largest absolute Gasteiger partial charge is 0.480 e. The fourth-order valence-electron chi connectivity index (χ4n) is 2.82. The molecule has 6 nitrogen and oxygen atoms in total. The Labute approximate surface area is 161 Å². The predicted octanol–water partition coefficient (Wildman–Crippen LogP) is 3.16. The van der Waals surface area contributed by atoms with Gasteiger partial charge in [-0.05, 0) is 22.4 Å². The van der Waals surface area contributed by atoms with Gasteiger partial charge in [-0.2, -0.15) is 0 Å². The van der Waals surface area contributed by atoms with E-state index in [9.17, 15) is 19.5 Å². The van der Waals surface area contributed by atoms with E-state index in [0.717, 1.165) is 10.9 Å². The number of nitrogens with one attached hydrogen (secondary N) is 1. The molecular formula is C22H19NO5. The molecule has 0 aliphatic rings. The minimum absolute atomic E-state index is 0.0449. The number of carboxylic acid groups (broad SMARTS) is 1. The highest BCUT2D eigenvalue weighted by molar-refractivity contribution is 6.08. The lowest BCUT2D eigenvalue weighted by molar-refractivity contribution is -0.150. The SMILES string of the molecule is O=C(C[C@@H](NC(=O)c1cccc2ccccc12)C(=O)O)OCc1ccccc1. The van der Waals surface area contributed by atoms with Crippen LogP contribution in [0.3, 0.4) is 0 Å². The highest BCUT2D eigenvalue weighted by atomic mass is 16.5. The second-order valence-electron chi connectivity index (χ2n) is 6.24. The third-order valence-electron chi connectivity index (χ3n) is 4.25. The van der Waals surface area contributed by atoms with Gasteiger partial charge >= 0.3 is 11.9 Å². The summed E-state index contributed by atoms with van der Waals surface area (Å²) in [6, 6.07) is 20.2. The van der Waals surface area contributed by atoms with Gasteiger partial charge in [0.15, 0.2) is 0 Å². The highest BCUT2D eigenvalue weighted by Gasteiger charge is 2.25. The molecule has 2 N–H and O–H groups in total. The number of rotatable bonds is 7. The zero-order valence-corrected chi connectivity index (χ0v) is 15.0. The number of benzene rings is 3. The van der Waals surface area contributed by atoms with Crippen LogP contribution in [-0.4, -0.2) is 29.0 Å². The van der Waals surface area contributed by atoms with E-state index in [2.05, 4.69) is 5.32 Å². The first-order valence-electron chi connectivity index (χ1n) is 8.75. The van der Waals surface area contributed by atoms with Crippen LogP contribution in [0.15, 0.2) is 72.8 Å². The Morgan fingerprint density at radius 1 is 0.893 bits per heavy atom. The van der Waals surface area contributed by atoms with E-state index in [1.165, 1.54) is 0 Å². The van der Waals surface area contributed by atoms with Crippen molar-refractivity contribution in [2.24, 2.45) is 0 Å². The maximum absolute atomic E-state index is 12.6. The Bertz CT molecular complexity index is 995. The van der Waals surface area contributed by atoms with Gasteiger partial charge in [0.2, 0.25) is 0 Å². The Morgan fingerprint density at radius 3 is 2.32 bits per heavy atom. The number of carboxylic acids is 1. The number of amides is 1. The van der Waals surface area contributed by atoms with Crippen molar-refractivity contribution in [3.8, 4) is 0 Å². The molecule has 6 heteroatoms. The molecule has 3 aromatic carbocycles. The lowest BCUT2D eigenvalue weighted by Gasteiger charge is -2.15. The van der Waals surface area contributed by atoms with E-state index in [1.54, 1.807) is 36.4 Å². The number of hydrogen-bond acceptors (Lipinski definition) is 4. The van der Waals surface area contributed by atoms with Crippen molar-refractivity contribution in [1.82, 2.24) is 5.32 Å². The topological polar surface area (TPSA) is 92.7 Å². The molecule has 0 saturated heterocycles. The first-order chi connectivity index (χ1) is 13.5. The Morgan fingerprint density at radius 2 is 1.57 bits per heavy atom. The van der Waals surface area contributed by atoms with Gasteiger partial charge < -0.3 is 15.2 Å². The summed E-state index contributed by atoms with van der Waals surface area (Å²) < 4.78 is 5.11. The smallest absolute Gasteiger partial charge is 0.326 e. The van der Waals surface area contributed by atoms with E-state index >= 15 is 0 Å². The van der Waals surface area contributed by atoms with E-state index < -0.39 is 30.3 Å². The predicted molar refractivity (Wildman–Crippen MR) is 104 cm³/mol. The van der Waals surface area contributed by atoms with Crippen LogP contribution in [-0.2, 0) is 20.9 Å². The Kier molecular flexibility index (Phi) is 6.01. The molecule has 0 heterocycles. The lowest BCUT2D eigenvalue weighted by Crippen LogP contribution is -2.42. The van der Waals surface area contributed by atoms with Crippen LogP contribution in [0.1, 0.15) is 22.3 Å². The van der Waals surface area contributed by atoms with E-state index in [0.29, 0.717) is 10.9 Å². The summed E-state index contributed by atoms with van der Waals surface area (Å²) in [4.78, 5) is 36.1. The van der Waals surface area contributed by atoms with Gasteiger partial charge in [-0.1, -0.05) is 66.7 Å². The number of hydrogen-bond donors (Lipinski definition) is 2. The summed E-state index contributed by atoms with van der Waals surface area (Å²) in [5.41, 5.74) is 1.14. The number of fused-ring (bicyclic) bond motifs is 1. The van der Waals surface area contributed by atoms with Gasteiger partial charge in [0, 0.05) is 5.56 Å². The summed E-state index contributed by atoms with van der Waals surface area (Å²) in [7, 11) is 0. The van der Waals surface area contributed by atoms with Crippen molar-refractivity contribution in [2.45, 2.75) is 19.1 Å². The molecule has 0 aliphatic heterocycles. The van der Waals surface area contributed by atoms with Crippen LogP contribution >= 0.6 is 0 Å². The standard InChI is InChI=1S/C22H19NO5/c24-20(28-14-15-7-2-1-3-8-15)13-19(22(26)27)23-21(25)18-12-6-10-16-9-4-5-11-17(16)18/h1-12,19H,13-14H2,(H,23,25)(H,26,27)/t19-/m1/s1. The zero-order valence-electron chi connectivity index (χ0n) is 15.0. The maximum atomic E-state index is 12.6. The van der Waals surface area contributed by atoms with E-state index in [-0.39, 0.29) is 6.61 Å². The monoisotopic (exact) mass is 377 g/mol. The third-order valence-corrected chi connectivity index (χ3v) is 4.25. The number of carbonyl (C=O) groups excluding carboxylic acids is 2. The van der Waals surface area contributed by atoms with Gasteiger partial charge in [-0.25, -0.2) is 4.79 Å².